The summed E-state index contributed by atoms with van der Waals surface area (Å²) in [6.07, 6.45) is 0.628. The molecule has 1 amide bonds. The van der Waals surface area contributed by atoms with Crippen molar-refractivity contribution < 1.29 is 13.9 Å². The van der Waals surface area contributed by atoms with E-state index in [-0.39, 0.29) is 18.9 Å². The van der Waals surface area contributed by atoms with Crippen LogP contribution in [0.1, 0.15) is 17.5 Å². The molecular formula is C16H19FN4O2. The van der Waals surface area contributed by atoms with Gasteiger partial charge in [-0.1, -0.05) is 0 Å². The van der Waals surface area contributed by atoms with Crippen LogP contribution in [0.15, 0.2) is 12.3 Å². The molecule has 2 atom stereocenters. The largest absolute Gasteiger partial charge is 0.378 e. The minimum absolute atomic E-state index is 0.0892. The lowest BCUT2D eigenvalue weighted by Gasteiger charge is -2.33. The van der Waals surface area contributed by atoms with E-state index in [2.05, 4.69) is 11.1 Å². The molecule has 2 saturated heterocycles. The molecule has 0 unspecified atom stereocenters. The number of nitriles is 1. The lowest BCUT2D eigenvalue weighted by atomic mass is 10.1. The second-order valence-corrected chi connectivity index (χ2v) is 5.88. The maximum atomic E-state index is 14.0. The number of morpholine rings is 1. The van der Waals surface area contributed by atoms with Crippen LogP contribution in [0.5, 0.6) is 0 Å². The number of ether oxygens (including phenoxy) is 1. The first kappa shape index (κ1) is 15.7. The Hall–Kier alpha value is -2.20. The minimum Gasteiger partial charge on any atom is -0.378 e. The van der Waals surface area contributed by atoms with Crippen molar-refractivity contribution in [2.75, 3.05) is 37.7 Å². The third-order valence-electron chi connectivity index (χ3n) is 4.38. The van der Waals surface area contributed by atoms with Gasteiger partial charge in [0.1, 0.15) is 24.1 Å². The summed E-state index contributed by atoms with van der Waals surface area (Å²) in [4.78, 5) is 20.4. The highest BCUT2D eigenvalue weighted by Crippen LogP contribution is 2.30. The second kappa shape index (κ2) is 6.50. The number of anilines is 1. The SMILES string of the molecule is Cc1ccnc(N2C[C@H](F)C[C@H]2C(=O)N2CCOCC2)c1C#N. The number of amides is 1. The number of halogens is 1. The standard InChI is InChI=1S/C16H19FN4O2/c1-11-2-3-19-15(13(11)9-18)21-10-12(17)8-14(21)16(22)20-4-6-23-7-5-20/h2-3,12,14H,4-8,10H2,1H3/t12-,14+/m1/s1. The highest BCUT2D eigenvalue weighted by Gasteiger charge is 2.41. The van der Waals surface area contributed by atoms with E-state index in [0.717, 1.165) is 5.56 Å². The zero-order valence-electron chi connectivity index (χ0n) is 13.0. The zero-order chi connectivity index (χ0) is 16.4. The van der Waals surface area contributed by atoms with Crippen molar-refractivity contribution in [1.29, 1.82) is 5.26 Å². The van der Waals surface area contributed by atoms with Crippen molar-refractivity contribution in [2.45, 2.75) is 25.6 Å². The molecule has 23 heavy (non-hydrogen) atoms. The van der Waals surface area contributed by atoms with Crippen LogP contribution in [0, 0.1) is 18.3 Å². The molecule has 2 aliphatic heterocycles. The number of alkyl halides is 1. The predicted octanol–water partition coefficient (Wildman–Crippen LogP) is 1.04. The second-order valence-electron chi connectivity index (χ2n) is 5.88. The fourth-order valence-corrected chi connectivity index (χ4v) is 3.15. The molecule has 2 aliphatic rings. The zero-order valence-corrected chi connectivity index (χ0v) is 13.0. The molecule has 7 heteroatoms. The Morgan fingerprint density at radius 2 is 2.22 bits per heavy atom. The van der Waals surface area contributed by atoms with Gasteiger partial charge in [0.15, 0.2) is 0 Å². The number of aromatic nitrogens is 1. The van der Waals surface area contributed by atoms with Crippen molar-refractivity contribution in [3.8, 4) is 6.07 Å². The van der Waals surface area contributed by atoms with Crippen LogP contribution in [-0.2, 0) is 9.53 Å². The third-order valence-corrected chi connectivity index (χ3v) is 4.38. The number of rotatable bonds is 2. The van der Waals surface area contributed by atoms with Gasteiger partial charge in [-0.3, -0.25) is 4.79 Å². The van der Waals surface area contributed by atoms with Gasteiger partial charge in [0.05, 0.1) is 25.3 Å². The molecule has 0 bridgehead atoms. The van der Waals surface area contributed by atoms with Crippen molar-refractivity contribution >= 4 is 11.7 Å². The Bertz CT molecular complexity index is 639. The summed E-state index contributed by atoms with van der Waals surface area (Å²) in [7, 11) is 0. The van der Waals surface area contributed by atoms with E-state index in [1.807, 2.05) is 6.92 Å². The van der Waals surface area contributed by atoms with Crippen LogP contribution >= 0.6 is 0 Å². The Morgan fingerprint density at radius 3 is 2.91 bits per heavy atom. The Labute approximate surface area is 134 Å². The van der Waals surface area contributed by atoms with Gasteiger partial charge in [-0.25, -0.2) is 9.37 Å². The normalized spacial score (nSPS) is 24.6. The smallest absolute Gasteiger partial charge is 0.245 e. The van der Waals surface area contributed by atoms with Gasteiger partial charge >= 0.3 is 0 Å². The lowest BCUT2D eigenvalue weighted by molar-refractivity contribution is -0.136. The molecule has 0 saturated carbocycles. The molecule has 0 aromatic carbocycles. The van der Waals surface area contributed by atoms with E-state index in [0.29, 0.717) is 37.7 Å². The number of nitrogens with zero attached hydrogens (tertiary/aromatic N) is 4. The maximum Gasteiger partial charge on any atom is 0.245 e. The van der Waals surface area contributed by atoms with Crippen molar-refractivity contribution in [3.63, 3.8) is 0 Å². The van der Waals surface area contributed by atoms with Gasteiger partial charge in [0.25, 0.3) is 0 Å². The van der Waals surface area contributed by atoms with Crippen LogP contribution < -0.4 is 4.90 Å². The molecule has 1 aromatic rings. The van der Waals surface area contributed by atoms with E-state index in [4.69, 9.17) is 4.74 Å². The molecule has 6 nitrogen and oxygen atoms in total. The van der Waals surface area contributed by atoms with Gasteiger partial charge < -0.3 is 14.5 Å². The summed E-state index contributed by atoms with van der Waals surface area (Å²) in [5, 5.41) is 9.38. The van der Waals surface area contributed by atoms with E-state index < -0.39 is 12.2 Å². The summed E-state index contributed by atoms with van der Waals surface area (Å²) < 4.78 is 19.3. The summed E-state index contributed by atoms with van der Waals surface area (Å²) in [6.45, 7) is 3.95. The van der Waals surface area contributed by atoms with E-state index in [1.165, 1.54) is 0 Å². The summed E-state index contributed by atoms with van der Waals surface area (Å²) >= 11 is 0. The van der Waals surface area contributed by atoms with Crippen LogP contribution in [0.2, 0.25) is 0 Å². The van der Waals surface area contributed by atoms with Gasteiger partial charge in [0, 0.05) is 25.7 Å². The van der Waals surface area contributed by atoms with Crippen LogP contribution in [-0.4, -0.2) is 60.9 Å². The molecule has 0 spiro atoms. The molecule has 0 aliphatic carbocycles. The number of carbonyl (C=O) groups is 1. The first-order valence-corrected chi connectivity index (χ1v) is 7.74. The molecular weight excluding hydrogens is 299 g/mol. The molecule has 1 aromatic heterocycles. The van der Waals surface area contributed by atoms with Gasteiger partial charge in [-0.2, -0.15) is 5.26 Å². The van der Waals surface area contributed by atoms with E-state index in [1.54, 1.807) is 22.1 Å². The molecule has 0 N–H and O–H groups in total. The third kappa shape index (κ3) is 2.99. The number of aryl methyl sites for hydroxylation is 1. The lowest BCUT2D eigenvalue weighted by Crippen LogP contribution is -2.50. The average molecular weight is 318 g/mol. The van der Waals surface area contributed by atoms with E-state index >= 15 is 0 Å². The van der Waals surface area contributed by atoms with Crippen LogP contribution in [0.4, 0.5) is 10.2 Å². The molecule has 3 rings (SSSR count). The predicted molar refractivity (Wildman–Crippen MR) is 81.7 cm³/mol. The number of carbonyl (C=O) groups excluding carboxylic acids is 1. The van der Waals surface area contributed by atoms with E-state index in [9.17, 15) is 14.4 Å². The molecule has 3 heterocycles. The number of hydrogen-bond donors (Lipinski definition) is 0. The monoisotopic (exact) mass is 318 g/mol. The quantitative estimate of drug-likeness (QED) is 0.815. The number of hydrogen-bond acceptors (Lipinski definition) is 5. The Morgan fingerprint density at radius 1 is 1.48 bits per heavy atom. The Balaban J connectivity index is 1.90. The van der Waals surface area contributed by atoms with Gasteiger partial charge in [-0.15, -0.1) is 0 Å². The van der Waals surface area contributed by atoms with Crippen LogP contribution in [0.3, 0.4) is 0 Å². The highest BCUT2D eigenvalue weighted by molar-refractivity contribution is 5.86. The minimum atomic E-state index is -1.10. The van der Waals surface area contributed by atoms with Gasteiger partial charge in [0.2, 0.25) is 5.91 Å². The maximum absolute atomic E-state index is 14.0. The summed E-state index contributed by atoms with van der Waals surface area (Å²) in [6, 6.07) is 3.26. The van der Waals surface area contributed by atoms with Crippen molar-refractivity contribution in [2.24, 2.45) is 0 Å². The van der Waals surface area contributed by atoms with Crippen molar-refractivity contribution in [1.82, 2.24) is 9.88 Å². The molecule has 122 valence electrons. The van der Waals surface area contributed by atoms with Crippen LogP contribution in [0.25, 0.3) is 0 Å². The summed E-state index contributed by atoms with van der Waals surface area (Å²) in [5.41, 5.74) is 1.18. The highest BCUT2D eigenvalue weighted by atomic mass is 19.1. The van der Waals surface area contributed by atoms with Crippen molar-refractivity contribution in [3.05, 3.63) is 23.4 Å². The number of pyridine rings is 1. The average Bonchev–Trinajstić information content (AvgIpc) is 2.96. The summed E-state index contributed by atoms with van der Waals surface area (Å²) in [5.74, 6) is 0.292. The first-order chi connectivity index (χ1) is 11.1. The molecule has 2 fully saturated rings. The first-order valence-electron chi connectivity index (χ1n) is 7.74. The fraction of sp³-hybridized carbons (Fsp3) is 0.562. The fourth-order valence-electron chi connectivity index (χ4n) is 3.15. The molecule has 0 radical (unpaired) electrons. The topological polar surface area (TPSA) is 69.5 Å². The van der Waals surface area contributed by atoms with Gasteiger partial charge in [-0.05, 0) is 18.6 Å². The Kier molecular flexibility index (Phi) is 4.44.